The van der Waals surface area contributed by atoms with Crippen LogP contribution < -0.4 is 20.1 Å². The molecule has 234 valence electrons. The average molecular weight is 608 g/mol. The first-order chi connectivity index (χ1) is 21.6. The Balaban J connectivity index is 1.06. The van der Waals surface area contributed by atoms with Gasteiger partial charge in [-0.2, -0.15) is 5.10 Å². The number of Topliss-reactive ketones (excluding diaryl/α,β-unsaturated/α-hetero) is 1. The summed E-state index contributed by atoms with van der Waals surface area (Å²) in [6, 6.07) is 23.1. The lowest BCUT2D eigenvalue weighted by Gasteiger charge is -2.31. The summed E-state index contributed by atoms with van der Waals surface area (Å²) < 4.78 is 12.6. The highest BCUT2D eigenvalue weighted by Crippen LogP contribution is 2.33. The number of nitrogens with zero attached hydrogens (tertiary/aromatic N) is 3. The lowest BCUT2D eigenvalue weighted by atomic mass is 9.89. The number of anilines is 2. The van der Waals surface area contributed by atoms with E-state index in [2.05, 4.69) is 42.4 Å². The van der Waals surface area contributed by atoms with E-state index >= 15 is 0 Å². The van der Waals surface area contributed by atoms with Crippen molar-refractivity contribution in [2.75, 3.05) is 37.1 Å². The minimum Gasteiger partial charge on any atom is -0.454 e. The van der Waals surface area contributed by atoms with Gasteiger partial charge in [-0.3, -0.25) is 15.0 Å². The van der Waals surface area contributed by atoms with E-state index in [-0.39, 0.29) is 24.0 Å². The lowest BCUT2D eigenvalue weighted by molar-refractivity contribution is 0.0895. The second-order valence-electron chi connectivity index (χ2n) is 13.1. The summed E-state index contributed by atoms with van der Waals surface area (Å²) in [7, 11) is 0. The molecule has 2 N–H and O–H groups in total. The molecule has 9 nitrogen and oxygen atoms in total. The average Bonchev–Trinajstić information content (AvgIpc) is 3.66. The number of rotatable bonds is 8. The smallest absolute Gasteiger partial charge is 0.324 e. The maximum absolute atomic E-state index is 13.3. The number of fused-ring (bicyclic) bond motifs is 1. The molecule has 0 spiro atoms. The van der Waals surface area contributed by atoms with Gasteiger partial charge in [-0.05, 0) is 87.2 Å². The molecule has 6 rings (SSSR count). The number of piperidine rings is 1. The normalized spacial score (nSPS) is 15.2. The van der Waals surface area contributed by atoms with Gasteiger partial charge in [-0.1, -0.05) is 56.7 Å². The Morgan fingerprint density at radius 3 is 2.40 bits per heavy atom. The van der Waals surface area contributed by atoms with Crippen molar-refractivity contribution in [3.8, 4) is 17.2 Å². The summed E-state index contributed by atoms with van der Waals surface area (Å²) in [5.74, 6) is 2.48. The highest BCUT2D eigenvalue weighted by molar-refractivity contribution is 6.00. The Hall–Kier alpha value is -4.63. The molecule has 0 radical (unpaired) electrons. The monoisotopic (exact) mass is 607 g/mol. The fourth-order valence-electron chi connectivity index (χ4n) is 5.83. The van der Waals surface area contributed by atoms with Crippen LogP contribution in [0.1, 0.15) is 60.8 Å². The number of ether oxygens (including phenoxy) is 2. The number of carbonyl (C=O) groups excluding carboxylic acids is 2. The van der Waals surface area contributed by atoms with Gasteiger partial charge in [0, 0.05) is 22.7 Å². The Kier molecular flexibility index (Phi) is 8.63. The first kappa shape index (κ1) is 30.4. The zero-order valence-corrected chi connectivity index (χ0v) is 26.4. The Bertz CT molecular complexity index is 1680. The van der Waals surface area contributed by atoms with Crippen LogP contribution >= 0.6 is 0 Å². The lowest BCUT2D eigenvalue weighted by Crippen LogP contribution is -2.37. The molecule has 0 aliphatic carbocycles. The maximum atomic E-state index is 13.3. The molecule has 0 bridgehead atoms. The van der Waals surface area contributed by atoms with Crippen molar-refractivity contribution in [1.29, 1.82) is 0 Å². The second kappa shape index (κ2) is 12.8. The number of aryl methyl sites for hydroxylation is 1. The van der Waals surface area contributed by atoms with Gasteiger partial charge in [0.15, 0.2) is 17.3 Å². The van der Waals surface area contributed by atoms with Crippen molar-refractivity contribution in [2.24, 2.45) is 5.92 Å². The van der Waals surface area contributed by atoms with E-state index in [0.717, 1.165) is 60.5 Å². The van der Waals surface area contributed by atoms with Crippen LogP contribution in [0.15, 0.2) is 72.8 Å². The molecule has 0 saturated carbocycles. The van der Waals surface area contributed by atoms with Crippen molar-refractivity contribution >= 4 is 23.3 Å². The van der Waals surface area contributed by atoms with Crippen LogP contribution in [0.25, 0.3) is 5.69 Å². The Morgan fingerprint density at radius 2 is 1.64 bits per heavy atom. The van der Waals surface area contributed by atoms with Gasteiger partial charge in [0.1, 0.15) is 5.82 Å². The summed E-state index contributed by atoms with van der Waals surface area (Å²) in [4.78, 5) is 28.5. The van der Waals surface area contributed by atoms with Crippen LogP contribution in [0, 0.1) is 12.8 Å². The second-order valence-corrected chi connectivity index (χ2v) is 13.1. The van der Waals surface area contributed by atoms with Crippen LogP contribution in [-0.4, -0.2) is 52.9 Å². The molecule has 45 heavy (non-hydrogen) atoms. The van der Waals surface area contributed by atoms with Crippen LogP contribution in [0.3, 0.4) is 0 Å². The van der Waals surface area contributed by atoms with Crippen molar-refractivity contribution < 1.29 is 19.1 Å². The van der Waals surface area contributed by atoms with E-state index < -0.39 is 0 Å². The van der Waals surface area contributed by atoms with Crippen molar-refractivity contribution in [3.63, 3.8) is 0 Å². The number of carbonyl (C=O) groups is 2. The summed E-state index contributed by atoms with van der Waals surface area (Å²) >= 11 is 0. The largest absolute Gasteiger partial charge is 0.454 e. The number of ketones is 1. The molecule has 1 aromatic heterocycles. The third-order valence-electron chi connectivity index (χ3n) is 8.54. The first-order valence-electron chi connectivity index (χ1n) is 15.6. The number of urea groups is 1. The predicted molar refractivity (Wildman–Crippen MR) is 176 cm³/mol. The number of likely N-dealkylation sites (tertiary alicyclic amines) is 1. The van der Waals surface area contributed by atoms with Gasteiger partial charge < -0.3 is 14.8 Å². The third-order valence-corrected chi connectivity index (χ3v) is 8.54. The molecule has 3 heterocycles. The molecule has 4 aromatic rings. The van der Waals surface area contributed by atoms with Gasteiger partial charge >= 0.3 is 6.03 Å². The number of benzene rings is 3. The van der Waals surface area contributed by atoms with E-state index in [9.17, 15) is 9.59 Å². The molecular weight excluding hydrogens is 566 g/mol. The molecule has 1 fully saturated rings. The van der Waals surface area contributed by atoms with Crippen molar-refractivity contribution in [3.05, 3.63) is 95.2 Å². The highest BCUT2D eigenvalue weighted by Gasteiger charge is 2.25. The van der Waals surface area contributed by atoms with Crippen LogP contribution in [0.4, 0.5) is 16.3 Å². The van der Waals surface area contributed by atoms with E-state index in [4.69, 9.17) is 14.6 Å². The number of hydrogen-bond acceptors (Lipinski definition) is 6. The molecule has 0 atom stereocenters. The first-order valence-corrected chi connectivity index (χ1v) is 15.6. The summed E-state index contributed by atoms with van der Waals surface area (Å²) in [6.07, 6.45) is 2.83. The van der Waals surface area contributed by atoms with Crippen molar-refractivity contribution in [2.45, 2.75) is 52.4 Å². The van der Waals surface area contributed by atoms with Gasteiger partial charge in [0.05, 0.1) is 17.9 Å². The third kappa shape index (κ3) is 7.20. The number of amides is 2. The van der Waals surface area contributed by atoms with E-state index in [0.29, 0.717) is 35.3 Å². The fraction of sp³-hybridized carbons (Fsp3) is 0.361. The molecule has 3 aromatic carbocycles. The summed E-state index contributed by atoms with van der Waals surface area (Å²) in [5, 5.41) is 11.0. The predicted octanol–water partition coefficient (Wildman–Crippen LogP) is 6.99. The van der Waals surface area contributed by atoms with E-state index in [1.54, 1.807) is 16.8 Å². The quantitative estimate of drug-likeness (QED) is 0.210. The Labute approximate surface area is 264 Å². The van der Waals surface area contributed by atoms with E-state index in [1.807, 2.05) is 61.5 Å². The van der Waals surface area contributed by atoms with Crippen molar-refractivity contribution in [1.82, 2.24) is 14.7 Å². The van der Waals surface area contributed by atoms with Crippen LogP contribution in [0.5, 0.6) is 11.5 Å². The zero-order chi connectivity index (χ0) is 31.6. The molecule has 2 aliphatic heterocycles. The summed E-state index contributed by atoms with van der Waals surface area (Å²) in [5.41, 5.74) is 5.31. The fourth-order valence-corrected chi connectivity index (χ4v) is 5.83. The van der Waals surface area contributed by atoms with Crippen LogP contribution in [-0.2, 0) is 11.8 Å². The molecule has 9 heteroatoms. The number of nitrogens with one attached hydrogen (secondary N) is 2. The van der Waals surface area contributed by atoms with Gasteiger partial charge in [0.2, 0.25) is 6.79 Å². The van der Waals surface area contributed by atoms with Gasteiger partial charge in [0.25, 0.3) is 0 Å². The number of aromatic nitrogens is 2. The van der Waals surface area contributed by atoms with Gasteiger partial charge in [-0.15, -0.1) is 0 Å². The topological polar surface area (TPSA) is 97.7 Å². The molecule has 0 unspecified atom stereocenters. The zero-order valence-electron chi connectivity index (χ0n) is 26.4. The molecule has 1 saturated heterocycles. The van der Waals surface area contributed by atoms with Gasteiger partial charge in [-0.25, -0.2) is 9.48 Å². The maximum Gasteiger partial charge on any atom is 0.324 e. The number of hydrogen-bond donors (Lipinski definition) is 2. The Morgan fingerprint density at radius 1 is 0.911 bits per heavy atom. The SMILES string of the molecule is Cc1ccc(-n2nc(C(C)(C)C)cc2NC(=O)Nc2ccccc2CC2CCN(CC(=O)c3ccc4c(c3)OCO4)CC2)cc1. The minimum absolute atomic E-state index is 0.0886. The number of para-hydroxylation sites is 1. The molecular formula is C36H41N5O4. The molecule has 2 aliphatic rings. The standard InChI is InChI=1S/C36H41N5O4/c1-24-9-12-28(13-10-24)41-34(21-33(39-41)36(2,3)4)38-35(43)37-29-8-6-5-7-26(29)19-25-15-17-40(18-16-25)22-30(42)27-11-14-31-32(20-27)45-23-44-31/h5-14,20-21,25H,15-19,22-23H2,1-4H3,(H2,37,38,43). The summed E-state index contributed by atoms with van der Waals surface area (Å²) in [6.45, 7) is 10.7. The minimum atomic E-state index is -0.312. The van der Waals surface area contributed by atoms with Crippen LogP contribution in [0.2, 0.25) is 0 Å². The highest BCUT2D eigenvalue weighted by atomic mass is 16.7. The van der Waals surface area contributed by atoms with E-state index in [1.165, 1.54) is 0 Å². The molecule has 2 amide bonds.